The number of hydrogen-bond acceptors (Lipinski definition) is 4. The van der Waals surface area contributed by atoms with Crippen LogP contribution in [0.3, 0.4) is 0 Å². The summed E-state index contributed by atoms with van der Waals surface area (Å²) in [7, 11) is 1.64. The predicted molar refractivity (Wildman–Crippen MR) is 51.0 cm³/mol. The van der Waals surface area contributed by atoms with Crippen LogP contribution in [0.5, 0.6) is 0 Å². The lowest BCUT2D eigenvalue weighted by molar-refractivity contribution is -0.0155. The van der Waals surface area contributed by atoms with Gasteiger partial charge in [-0.1, -0.05) is 11.6 Å². The summed E-state index contributed by atoms with van der Waals surface area (Å²) in [4.78, 5) is 0. The zero-order chi connectivity index (χ0) is 10.9. The highest BCUT2D eigenvalue weighted by Gasteiger charge is 2.25. The van der Waals surface area contributed by atoms with Crippen LogP contribution >= 0.6 is 11.6 Å². The van der Waals surface area contributed by atoms with Gasteiger partial charge in [0.2, 0.25) is 0 Å². The zero-order valence-corrected chi connectivity index (χ0v) is 8.73. The number of rotatable bonds is 3. The molecule has 3 N–H and O–H groups in total. The largest absolute Gasteiger partial charge is 0.394 e. The molecule has 80 valence electrons. The van der Waals surface area contributed by atoms with Gasteiger partial charge in [-0.05, 0) is 6.92 Å². The first kappa shape index (κ1) is 11.5. The molecule has 0 aliphatic carbocycles. The third-order valence-electron chi connectivity index (χ3n) is 2.04. The van der Waals surface area contributed by atoms with Gasteiger partial charge in [-0.15, -0.1) is 0 Å². The highest BCUT2D eigenvalue weighted by atomic mass is 35.5. The van der Waals surface area contributed by atoms with E-state index >= 15 is 0 Å². The lowest BCUT2D eigenvalue weighted by Crippen LogP contribution is -2.22. The maximum Gasteiger partial charge on any atom is 0.132 e. The Bertz CT molecular complexity index is 327. The van der Waals surface area contributed by atoms with Crippen LogP contribution in [0.15, 0.2) is 0 Å². The van der Waals surface area contributed by atoms with Gasteiger partial charge in [0.25, 0.3) is 0 Å². The van der Waals surface area contributed by atoms with Gasteiger partial charge in [-0.3, -0.25) is 4.68 Å². The van der Waals surface area contributed by atoms with Crippen molar-refractivity contribution < 1.29 is 15.3 Å². The molecule has 0 saturated carbocycles. The van der Waals surface area contributed by atoms with E-state index in [2.05, 4.69) is 5.10 Å². The molecule has 2 atom stereocenters. The summed E-state index contributed by atoms with van der Waals surface area (Å²) < 4.78 is 1.40. The Balaban J connectivity index is 3.05. The van der Waals surface area contributed by atoms with Gasteiger partial charge < -0.3 is 15.3 Å². The number of aliphatic hydroxyl groups excluding tert-OH is 3. The quantitative estimate of drug-likeness (QED) is 0.658. The van der Waals surface area contributed by atoms with E-state index in [1.807, 2.05) is 0 Å². The first-order valence-electron chi connectivity index (χ1n) is 4.15. The standard InChI is InChI=1S/C8H13ClN2O3/c1-4-6(7(14)5(13)3-12)8(9)11(2)10-4/h5,7,12-14H,3H2,1-2H3. The molecule has 1 aromatic rings. The van der Waals surface area contributed by atoms with Crippen LogP contribution < -0.4 is 0 Å². The van der Waals surface area contributed by atoms with Gasteiger partial charge in [-0.25, -0.2) is 0 Å². The molecule has 0 aliphatic heterocycles. The second kappa shape index (κ2) is 4.27. The van der Waals surface area contributed by atoms with Crippen molar-refractivity contribution in [3.8, 4) is 0 Å². The molecule has 14 heavy (non-hydrogen) atoms. The molecule has 0 fully saturated rings. The molecular weight excluding hydrogens is 208 g/mol. The van der Waals surface area contributed by atoms with Crippen LogP contribution in [0.25, 0.3) is 0 Å². The number of nitrogens with zero attached hydrogens (tertiary/aromatic N) is 2. The average Bonchev–Trinajstić information content (AvgIpc) is 2.39. The summed E-state index contributed by atoms with van der Waals surface area (Å²) in [5.74, 6) is 0. The van der Waals surface area contributed by atoms with Gasteiger partial charge >= 0.3 is 0 Å². The van der Waals surface area contributed by atoms with Crippen LogP contribution in [0.2, 0.25) is 5.15 Å². The van der Waals surface area contributed by atoms with Crippen molar-refractivity contribution in [1.82, 2.24) is 9.78 Å². The number of aryl methyl sites for hydroxylation is 2. The maximum atomic E-state index is 9.62. The monoisotopic (exact) mass is 220 g/mol. The number of hydrogen-bond donors (Lipinski definition) is 3. The summed E-state index contributed by atoms with van der Waals surface area (Å²) in [6.45, 7) is 1.15. The minimum Gasteiger partial charge on any atom is -0.394 e. The fourth-order valence-electron chi connectivity index (χ4n) is 1.27. The van der Waals surface area contributed by atoms with Crippen molar-refractivity contribution in [3.05, 3.63) is 16.4 Å². The average molecular weight is 221 g/mol. The Morgan fingerprint density at radius 1 is 1.50 bits per heavy atom. The van der Waals surface area contributed by atoms with Crippen LogP contribution in [0.1, 0.15) is 17.4 Å². The van der Waals surface area contributed by atoms with Gasteiger partial charge in [0.15, 0.2) is 0 Å². The zero-order valence-electron chi connectivity index (χ0n) is 7.98. The second-order valence-corrected chi connectivity index (χ2v) is 3.47. The van der Waals surface area contributed by atoms with E-state index in [4.69, 9.17) is 16.7 Å². The van der Waals surface area contributed by atoms with Crippen molar-refractivity contribution in [2.75, 3.05) is 6.61 Å². The molecule has 5 nitrogen and oxygen atoms in total. The normalized spacial score (nSPS) is 15.6. The molecule has 1 heterocycles. The van der Waals surface area contributed by atoms with Crippen molar-refractivity contribution in [3.63, 3.8) is 0 Å². The summed E-state index contributed by atoms with van der Waals surface area (Å²) >= 11 is 5.86. The van der Waals surface area contributed by atoms with Crippen molar-refractivity contribution in [2.24, 2.45) is 7.05 Å². The van der Waals surface area contributed by atoms with E-state index in [-0.39, 0.29) is 5.15 Å². The number of halogens is 1. The molecule has 0 bridgehead atoms. The summed E-state index contributed by atoms with van der Waals surface area (Å²) in [5.41, 5.74) is 0.896. The third kappa shape index (κ3) is 1.90. The lowest BCUT2D eigenvalue weighted by atomic mass is 10.1. The number of aromatic nitrogens is 2. The Hall–Kier alpha value is -0.620. The van der Waals surface area contributed by atoms with E-state index in [1.165, 1.54) is 4.68 Å². The Kier molecular flexibility index (Phi) is 3.49. The molecule has 6 heteroatoms. The van der Waals surface area contributed by atoms with Gasteiger partial charge in [0.1, 0.15) is 17.4 Å². The molecule has 0 aliphatic rings. The summed E-state index contributed by atoms with van der Waals surface area (Å²) in [6.07, 6.45) is -2.45. The molecule has 0 saturated heterocycles. The Morgan fingerprint density at radius 3 is 2.43 bits per heavy atom. The number of aliphatic hydroxyl groups is 3. The molecule has 0 amide bonds. The molecular formula is C8H13ClN2O3. The smallest absolute Gasteiger partial charge is 0.132 e. The van der Waals surface area contributed by atoms with E-state index in [9.17, 15) is 10.2 Å². The van der Waals surface area contributed by atoms with E-state index in [0.29, 0.717) is 11.3 Å². The molecule has 1 rings (SSSR count). The molecule has 1 aromatic heterocycles. The van der Waals surface area contributed by atoms with E-state index in [1.54, 1.807) is 14.0 Å². The SMILES string of the molecule is Cc1nn(C)c(Cl)c1C(O)C(O)CO. The van der Waals surface area contributed by atoms with Crippen molar-refractivity contribution in [1.29, 1.82) is 0 Å². The summed E-state index contributed by atoms with van der Waals surface area (Å²) in [5, 5.41) is 31.8. The van der Waals surface area contributed by atoms with Crippen LogP contribution in [-0.4, -0.2) is 37.8 Å². The highest BCUT2D eigenvalue weighted by Crippen LogP contribution is 2.27. The fourth-order valence-corrected chi connectivity index (χ4v) is 1.56. The topological polar surface area (TPSA) is 78.5 Å². The van der Waals surface area contributed by atoms with E-state index in [0.717, 1.165) is 0 Å². The molecule has 0 aromatic carbocycles. The van der Waals surface area contributed by atoms with Crippen molar-refractivity contribution in [2.45, 2.75) is 19.1 Å². The molecule has 0 radical (unpaired) electrons. The second-order valence-electron chi connectivity index (χ2n) is 3.11. The third-order valence-corrected chi connectivity index (χ3v) is 2.49. The fraction of sp³-hybridized carbons (Fsp3) is 0.625. The van der Waals surface area contributed by atoms with Crippen LogP contribution in [-0.2, 0) is 7.05 Å². The van der Waals surface area contributed by atoms with Crippen molar-refractivity contribution >= 4 is 11.6 Å². The van der Waals surface area contributed by atoms with Gasteiger partial charge in [0, 0.05) is 12.6 Å². The minimum atomic E-state index is -1.24. The van der Waals surface area contributed by atoms with Crippen LogP contribution in [0.4, 0.5) is 0 Å². The predicted octanol–water partition coefficient (Wildman–Crippen LogP) is -0.231. The Labute approximate surface area is 86.5 Å². The lowest BCUT2D eigenvalue weighted by Gasteiger charge is -2.15. The minimum absolute atomic E-state index is 0.266. The molecule has 0 spiro atoms. The first-order chi connectivity index (χ1) is 6.49. The van der Waals surface area contributed by atoms with Gasteiger partial charge in [0.05, 0.1) is 12.3 Å². The maximum absolute atomic E-state index is 9.62. The first-order valence-corrected chi connectivity index (χ1v) is 4.52. The molecule has 2 unspecified atom stereocenters. The van der Waals surface area contributed by atoms with Gasteiger partial charge in [-0.2, -0.15) is 5.10 Å². The Morgan fingerprint density at radius 2 is 2.07 bits per heavy atom. The van der Waals surface area contributed by atoms with E-state index < -0.39 is 18.8 Å². The highest BCUT2D eigenvalue weighted by molar-refractivity contribution is 6.30. The summed E-state index contributed by atoms with van der Waals surface area (Å²) in [6, 6.07) is 0. The van der Waals surface area contributed by atoms with Crippen LogP contribution in [0, 0.1) is 6.92 Å².